The third-order valence-corrected chi connectivity index (χ3v) is 6.04. The summed E-state index contributed by atoms with van der Waals surface area (Å²) < 4.78 is 0. The lowest BCUT2D eigenvalue weighted by atomic mass is 9.88. The Morgan fingerprint density at radius 3 is 2.47 bits per heavy atom. The Morgan fingerprint density at radius 1 is 1.17 bits per heavy atom. The quantitative estimate of drug-likeness (QED) is 0.601. The van der Waals surface area contributed by atoms with Crippen molar-refractivity contribution in [1.82, 2.24) is 9.80 Å². The first-order chi connectivity index (χ1) is 14.5. The van der Waals surface area contributed by atoms with Crippen molar-refractivity contribution < 1.29 is 4.79 Å². The van der Waals surface area contributed by atoms with Crippen LogP contribution in [-0.4, -0.2) is 41.9 Å². The van der Waals surface area contributed by atoms with Gasteiger partial charge in [-0.2, -0.15) is 0 Å². The van der Waals surface area contributed by atoms with Crippen LogP contribution in [0.15, 0.2) is 73.3 Å². The lowest BCUT2D eigenvalue weighted by Gasteiger charge is -2.41. The Balaban J connectivity index is 1.69. The van der Waals surface area contributed by atoms with Gasteiger partial charge in [-0.15, -0.1) is 6.58 Å². The number of piperidine rings is 1. The number of amides is 1. The monoisotopic (exact) mass is 405 g/mol. The highest BCUT2D eigenvalue weighted by molar-refractivity contribution is 5.76. The summed E-state index contributed by atoms with van der Waals surface area (Å²) in [5.41, 5.74) is 8.20. The van der Waals surface area contributed by atoms with Gasteiger partial charge in [0.1, 0.15) is 0 Å². The van der Waals surface area contributed by atoms with Crippen LogP contribution in [-0.2, 0) is 11.3 Å². The molecular weight excluding hydrogens is 370 g/mol. The van der Waals surface area contributed by atoms with Crippen LogP contribution in [0.4, 0.5) is 0 Å². The third kappa shape index (κ3) is 6.54. The van der Waals surface area contributed by atoms with E-state index in [1.165, 1.54) is 11.1 Å². The highest BCUT2D eigenvalue weighted by Gasteiger charge is 2.31. The lowest BCUT2D eigenvalue weighted by Crippen LogP contribution is -2.46. The minimum absolute atomic E-state index is 0.252. The minimum atomic E-state index is -0.252. The van der Waals surface area contributed by atoms with Gasteiger partial charge in [0.05, 0.1) is 6.54 Å². The second kappa shape index (κ2) is 11.1. The number of primary amides is 1. The van der Waals surface area contributed by atoms with Crippen LogP contribution >= 0.6 is 0 Å². The van der Waals surface area contributed by atoms with Crippen LogP contribution < -0.4 is 5.73 Å². The first-order valence-electron chi connectivity index (χ1n) is 11.0. The van der Waals surface area contributed by atoms with Crippen LogP contribution in [0.1, 0.15) is 36.9 Å². The van der Waals surface area contributed by atoms with Gasteiger partial charge in [-0.25, -0.2) is 0 Å². The van der Waals surface area contributed by atoms with Gasteiger partial charge >= 0.3 is 0 Å². The summed E-state index contributed by atoms with van der Waals surface area (Å²) in [6.45, 7) is 10.4. The van der Waals surface area contributed by atoms with Gasteiger partial charge in [0.2, 0.25) is 5.91 Å². The first-order valence-corrected chi connectivity index (χ1v) is 11.0. The molecule has 1 aliphatic rings. The molecule has 1 saturated heterocycles. The van der Waals surface area contributed by atoms with Crippen molar-refractivity contribution in [1.29, 1.82) is 0 Å². The summed E-state index contributed by atoms with van der Waals surface area (Å²) in [5, 5.41) is 0. The van der Waals surface area contributed by atoms with Crippen molar-refractivity contribution in [2.45, 2.75) is 32.4 Å². The van der Waals surface area contributed by atoms with Crippen molar-refractivity contribution in [2.24, 2.45) is 17.6 Å². The number of rotatable bonds is 10. The first kappa shape index (κ1) is 22.3. The Labute approximate surface area is 181 Å². The molecule has 2 aromatic carbocycles. The Morgan fingerprint density at radius 2 is 1.83 bits per heavy atom. The van der Waals surface area contributed by atoms with Crippen molar-refractivity contribution in [3.63, 3.8) is 0 Å². The molecule has 4 nitrogen and oxygen atoms in total. The molecule has 1 heterocycles. The largest absolute Gasteiger partial charge is 0.369 e. The van der Waals surface area contributed by atoms with Crippen molar-refractivity contribution >= 4 is 5.91 Å². The lowest BCUT2D eigenvalue weighted by molar-refractivity contribution is -0.120. The van der Waals surface area contributed by atoms with E-state index in [2.05, 4.69) is 77.9 Å². The number of carbonyl (C=O) groups is 1. The van der Waals surface area contributed by atoms with E-state index in [9.17, 15) is 4.79 Å². The molecule has 2 aromatic rings. The zero-order valence-corrected chi connectivity index (χ0v) is 18.1. The average Bonchev–Trinajstić information content (AvgIpc) is 2.74. The summed E-state index contributed by atoms with van der Waals surface area (Å²) in [4.78, 5) is 16.6. The Kier molecular flexibility index (Phi) is 8.23. The molecule has 30 heavy (non-hydrogen) atoms. The molecule has 4 heteroatoms. The van der Waals surface area contributed by atoms with E-state index in [0.29, 0.717) is 18.4 Å². The molecule has 2 N–H and O–H groups in total. The molecule has 160 valence electrons. The van der Waals surface area contributed by atoms with Gasteiger partial charge in [-0.1, -0.05) is 73.7 Å². The van der Waals surface area contributed by atoms with E-state index in [4.69, 9.17) is 5.73 Å². The molecule has 0 spiro atoms. The normalized spacial score (nSPS) is 20.7. The van der Waals surface area contributed by atoms with Crippen LogP contribution in [0.3, 0.4) is 0 Å². The van der Waals surface area contributed by atoms with Crippen LogP contribution in [0.5, 0.6) is 0 Å². The Hall–Kier alpha value is -2.43. The van der Waals surface area contributed by atoms with Crippen LogP contribution in [0.25, 0.3) is 0 Å². The summed E-state index contributed by atoms with van der Waals surface area (Å²) in [6, 6.07) is 21.4. The number of nitrogens with zero attached hydrogens (tertiary/aromatic N) is 2. The maximum atomic E-state index is 11.8. The molecular formula is C26H35N3O. The average molecular weight is 406 g/mol. The summed E-state index contributed by atoms with van der Waals surface area (Å²) in [5.74, 6) is 0.708. The molecule has 1 fully saturated rings. The number of nitrogens with two attached hydrogens (primary N) is 1. The zero-order valence-electron chi connectivity index (χ0n) is 18.1. The summed E-state index contributed by atoms with van der Waals surface area (Å²) in [7, 11) is 0. The predicted molar refractivity (Wildman–Crippen MR) is 124 cm³/mol. The number of benzene rings is 2. The number of likely N-dealkylation sites (tertiary alicyclic amines) is 1. The van der Waals surface area contributed by atoms with Gasteiger partial charge in [-0.05, 0) is 35.8 Å². The van der Waals surface area contributed by atoms with E-state index in [-0.39, 0.29) is 11.9 Å². The van der Waals surface area contributed by atoms with Crippen LogP contribution in [0.2, 0.25) is 0 Å². The van der Waals surface area contributed by atoms with Gasteiger partial charge < -0.3 is 5.73 Å². The van der Waals surface area contributed by atoms with Gasteiger partial charge in [0, 0.05) is 32.2 Å². The van der Waals surface area contributed by atoms with Gasteiger partial charge in [0.15, 0.2) is 0 Å². The smallest absolute Gasteiger partial charge is 0.231 e. The molecule has 0 saturated carbocycles. The fourth-order valence-electron chi connectivity index (χ4n) is 4.60. The topological polar surface area (TPSA) is 49.6 Å². The van der Waals surface area contributed by atoms with Crippen molar-refractivity contribution in [2.75, 3.05) is 26.2 Å². The van der Waals surface area contributed by atoms with Crippen molar-refractivity contribution in [3.8, 4) is 0 Å². The predicted octanol–water partition coefficient (Wildman–Crippen LogP) is 4.25. The van der Waals surface area contributed by atoms with E-state index in [1.54, 1.807) is 0 Å². The van der Waals surface area contributed by atoms with E-state index in [1.807, 2.05) is 12.1 Å². The second-order valence-electron chi connectivity index (χ2n) is 8.66. The van der Waals surface area contributed by atoms with E-state index < -0.39 is 0 Å². The summed E-state index contributed by atoms with van der Waals surface area (Å²) >= 11 is 0. The minimum Gasteiger partial charge on any atom is -0.369 e. The molecule has 0 bridgehead atoms. The number of hydrogen-bond acceptors (Lipinski definition) is 3. The highest BCUT2D eigenvalue weighted by atomic mass is 16.1. The van der Waals surface area contributed by atoms with Gasteiger partial charge in [0.25, 0.3) is 0 Å². The number of hydrogen-bond donors (Lipinski definition) is 1. The fraction of sp³-hybridized carbons (Fsp3) is 0.423. The standard InChI is InChI=1S/C26H35N3O/c1-3-21(2)16-28(17-22-10-6-4-7-11-22)18-23-14-15-25(24-12-8-5-9-13-24)29(19-23)20-26(27)30/h3-13,21,23,25H,1,14-20H2,2H3,(H2,27,30)/t21?,23-,25+/m1/s1. The molecule has 1 aliphatic heterocycles. The summed E-state index contributed by atoms with van der Waals surface area (Å²) in [6.07, 6.45) is 4.24. The fourth-order valence-corrected chi connectivity index (χ4v) is 4.60. The van der Waals surface area contributed by atoms with E-state index in [0.717, 1.165) is 39.0 Å². The maximum Gasteiger partial charge on any atom is 0.231 e. The van der Waals surface area contributed by atoms with Gasteiger partial charge in [-0.3, -0.25) is 14.6 Å². The van der Waals surface area contributed by atoms with Crippen LogP contribution in [0, 0.1) is 11.8 Å². The molecule has 1 unspecified atom stereocenters. The molecule has 0 radical (unpaired) electrons. The van der Waals surface area contributed by atoms with Crippen molar-refractivity contribution in [3.05, 3.63) is 84.4 Å². The molecule has 3 atom stereocenters. The molecule has 1 amide bonds. The second-order valence-corrected chi connectivity index (χ2v) is 8.66. The molecule has 3 rings (SSSR count). The maximum absolute atomic E-state index is 11.8. The SMILES string of the molecule is C=CC(C)CN(Cc1ccccc1)C[C@H]1CC[C@@H](c2ccccc2)N(CC(N)=O)C1. The van der Waals surface area contributed by atoms with E-state index >= 15 is 0 Å². The highest BCUT2D eigenvalue weighted by Crippen LogP contribution is 2.33. The molecule has 0 aliphatic carbocycles. The Bertz CT molecular complexity index is 792. The molecule has 0 aromatic heterocycles. The zero-order chi connectivity index (χ0) is 21.3. The third-order valence-electron chi connectivity index (χ3n) is 6.04. The number of carbonyl (C=O) groups excluding carboxylic acids is 1.